The largest absolute Gasteiger partial charge is 0.314 e. The molecule has 0 bridgehead atoms. The van der Waals surface area contributed by atoms with E-state index in [1.54, 1.807) is 0 Å². The van der Waals surface area contributed by atoms with E-state index in [1.165, 1.54) is 37.1 Å². The minimum atomic E-state index is 0.640. The second-order valence-electron chi connectivity index (χ2n) is 5.93. The Bertz CT molecular complexity index is 350. The quantitative estimate of drug-likeness (QED) is 0.823. The van der Waals surface area contributed by atoms with Gasteiger partial charge in [-0.15, -0.1) is 11.3 Å². The third-order valence-corrected chi connectivity index (χ3v) is 5.38. The van der Waals surface area contributed by atoms with Crippen molar-refractivity contribution in [3.8, 4) is 0 Å². The monoisotopic (exact) mass is 280 g/mol. The molecule has 1 N–H and O–H groups in total. The maximum absolute atomic E-state index is 3.66. The SMILES string of the molecule is CCNC1CCCC1CN(C)C(C)Cc1cccs1. The zero-order valence-electron chi connectivity index (χ0n) is 12.6. The molecule has 1 aliphatic carbocycles. The van der Waals surface area contributed by atoms with E-state index in [9.17, 15) is 0 Å². The number of nitrogens with one attached hydrogen (secondary N) is 1. The molecule has 1 aromatic heterocycles. The van der Waals surface area contributed by atoms with E-state index in [0.717, 1.165) is 18.5 Å². The van der Waals surface area contributed by atoms with Gasteiger partial charge in [-0.05, 0) is 57.1 Å². The van der Waals surface area contributed by atoms with E-state index < -0.39 is 0 Å². The molecule has 3 heteroatoms. The topological polar surface area (TPSA) is 15.3 Å². The maximum atomic E-state index is 3.66. The molecule has 3 unspecified atom stereocenters. The Labute approximate surface area is 122 Å². The van der Waals surface area contributed by atoms with Gasteiger partial charge < -0.3 is 10.2 Å². The number of hydrogen-bond acceptors (Lipinski definition) is 3. The highest BCUT2D eigenvalue weighted by molar-refractivity contribution is 7.09. The minimum Gasteiger partial charge on any atom is -0.314 e. The minimum absolute atomic E-state index is 0.640. The highest BCUT2D eigenvalue weighted by Crippen LogP contribution is 2.27. The lowest BCUT2D eigenvalue weighted by Crippen LogP contribution is -2.41. The third kappa shape index (κ3) is 4.30. The van der Waals surface area contributed by atoms with Gasteiger partial charge in [-0.25, -0.2) is 0 Å². The summed E-state index contributed by atoms with van der Waals surface area (Å²) in [4.78, 5) is 4.06. The summed E-state index contributed by atoms with van der Waals surface area (Å²) in [6, 6.07) is 5.81. The number of likely N-dealkylation sites (N-methyl/N-ethyl adjacent to an activating group) is 1. The third-order valence-electron chi connectivity index (χ3n) is 4.48. The van der Waals surface area contributed by atoms with Gasteiger partial charge in [0.05, 0.1) is 0 Å². The first-order valence-electron chi connectivity index (χ1n) is 7.66. The number of nitrogens with zero attached hydrogens (tertiary/aromatic N) is 1. The molecule has 2 rings (SSSR count). The van der Waals surface area contributed by atoms with E-state index >= 15 is 0 Å². The van der Waals surface area contributed by atoms with Crippen LogP contribution in [0.5, 0.6) is 0 Å². The average Bonchev–Trinajstić information content (AvgIpc) is 3.02. The molecule has 108 valence electrons. The molecule has 0 saturated heterocycles. The van der Waals surface area contributed by atoms with Gasteiger partial charge in [0.15, 0.2) is 0 Å². The van der Waals surface area contributed by atoms with Crippen molar-refractivity contribution in [2.45, 2.75) is 51.6 Å². The average molecular weight is 280 g/mol. The van der Waals surface area contributed by atoms with Crippen LogP contribution in [0.3, 0.4) is 0 Å². The zero-order valence-corrected chi connectivity index (χ0v) is 13.4. The first kappa shape index (κ1) is 15.0. The molecule has 1 heterocycles. The Morgan fingerprint density at radius 1 is 1.47 bits per heavy atom. The predicted octanol–water partition coefficient (Wildman–Crippen LogP) is 3.39. The van der Waals surface area contributed by atoms with Gasteiger partial charge in [0.2, 0.25) is 0 Å². The summed E-state index contributed by atoms with van der Waals surface area (Å²) in [6.07, 6.45) is 5.35. The van der Waals surface area contributed by atoms with Crippen molar-refractivity contribution in [2.24, 2.45) is 5.92 Å². The van der Waals surface area contributed by atoms with Gasteiger partial charge in [0.25, 0.3) is 0 Å². The summed E-state index contributed by atoms with van der Waals surface area (Å²) < 4.78 is 0. The highest BCUT2D eigenvalue weighted by atomic mass is 32.1. The lowest BCUT2D eigenvalue weighted by atomic mass is 10.0. The van der Waals surface area contributed by atoms with Crippen LogP contribution in [0, 0.1) is 5.92 Å². The Balaban J connectivity index is 1.80. The predicted molar refractivity (Wildman–Crippen MR) is 84.9 cm³/mol. The van der Waals surface area contributed by atoms with Crippen molar-refractivity contribution in [1.29, 1.82) is 0 Å². The van der Waals surface area contributed by atoms with Crippen LogP contribution >= 0.6 is 11.3 Å². The molecule has 0 amide bonds. The lowest BCUT2D eigenvalue weighted by Gasteiger charge is -2.30. The van der Waals surface area contributed by atoms with Crippen LogP contribution in [-0.2, 0) is 6.42 Å². The van der Waals surface area contributed by atoms with Crippen LogP contribution in [0.4, 0.5) is 0 Å². The fraction of sp³-hybridized carbons (Fsp3) is 0.750. The van der Waals surface area contributed by atoms with Crippen LogP contribution in [0.2, 0.25) is 0 Å². The van der Waals surface area contributed by atoms with Gasteiger partial charge >= 0.3 is 0 Å². The van der Waals surface area contributed by atoms with Gasteiger partial charge in [-0.2, -0.15) is 0 Å². The first-order chi connectivity index (χ1) is 9.20. The maximum Gasteiger partial charge on any atom is 0.0112 e. The summed E-state index contributed by atoms with van der Waals surface area (Å²) in [7, 11) is 2.29. The van der Waals surface area contributed by atoms with Crippen LogP contribution < -0.4 is 5.32 Å². The zero-order chi connectivity index (χ0) is 13.7. The normalized spacial score (nSPS) is 25.1. The van der Waals surface area contributed by atoms with Gasteiger partial charge in [-0.1, -0.05) is 19.4 Å². The smallest absolute Gasteiger partial charge is 0.0112 e. The molecule has 0 spiro atoms. The second-order valence-corrected chi connectivity index (χ2v) is 6.96. The van der Waals surface area contributed by atoms with E-state index in [4.69, 9.17) is 0 Å². The lowest BCUT2D eigenvalue weighted by molar-refractivity contribution is 0.203. The van der Waals surface area contributed by atoms with Crippen molar-refractivity contribution in [3.05, 3.63) is 22.4 Å². The number of rotatable bonds is 7. The summed E-state index contributed by atoms with van der Waals surface area (Å²) in [5.74, 6) is 0.843. The molecule has 1 aromatic rings. The van der Waals surface area contributed by atoms with Crippen molar-refractivity contribution >= 4 is 11.3 Å². The number of hydrogen-bond donors (Lipinski definition) is 1. The first-order valence-corrected chi connectivity index (χ1v) is 8.54. The van der Waals surface area contributed by atoms with Crippen LogP contribution in [-0.4, -0.2) is 37.1 Å². The summed E-state index contributed by atoms with van der Waals surface area (Å²) in [5.41, 5.74) is 0. The Morgan fingerprint density at radius 2 is 2.32 bits per heavy atom. The fourth-order valence-electron chi connectivity index (χ4n) is 3.21. The van der Waals surface area contributed by atoms with Crippen molar-refractivity contribution < 1.29 is 0 Å². The molecule has 2 nitrogen and oxygen atoms in total. The summed E-state index contributed by atoms with van der Waals surface area (Å²) in [5, 5.41) is 5.84. The molecule has 1 aliphatic rings. The molecular weight excluding hydrogens is 252 g/mol. The Kier molecular flexibility index (Phi) is 5.86. The molecule has 0 aromatic carbocycles. The standard InChI is InChI=1S/C16H28N2S/c1-4-17-16-9-5-7-14(16)12-18(3)13(2)11-15-8-6-10-19-15/h6,8,10,13-14,16-17H,4-5,7,9,11-12H2,1-3H3. The van der Waals surface area contributed by atoms with E-state index in [0.29, 0.717) is 6.04 Å². The van der Waals surface area contributed by atoms with Gasteiger partial charge in [0.1, 0.15) is 0 Å². The van der Waals surface area contributed by atoms with Crippen LogP contribution in [0.25, 0.3) is 0 Å². The van der Waals surface area contributed by atoms with Crippen LogP contribution in [0.1, 0.15) is 38.0 Å². The second kappa shape index (κ2) is 7.41. The summed E-state index contributed by atoms with van der Waals surface area (Å²) in [6.45, 7) is 6.93. The van der Waals surface area contributed by atoms with E-state index in [-0.39, 0.29) is 0 Å². The molecule has 19 heavy (non-hydrogen) atoms. The molecule has 0 aliphatic heterocycles. The molecule has 0 radical (unpaired) electrons. The Morgan fingerprint density at radius 3 is 3.00 bits per heavy atom. The molecule has 1 saturated carbocycles. The molecule has 3 atom stereocenters. The van der Waals surface area contributed by atoms with E-state index in [1.807, 2.05) is 11.3 Å². The molecule has 1 fully saturated rings. The van der Waals surface area contributed by atoms with Gasteiger partial charge in [0, 0.05) is 23.5 Å². The van der Waals surface area contributed by atoms with Crippen molar-refractivity contribution in [3.63, 3.8) is 0 Å². The Hall–Kier alpha value is -0.380. The van der Waals surface area contributed by atoms with Crippen molar-refractivity contribution in [1.82, 2.24) is 10.2 Å². The van der Waals surface area contributed by atoms with Crippen molar-refractivity contribution in [2.75, 3.05) is 20.1 Å². The highest BCUT2D eigenvalue weighted by Gasteiger charge is 2.28. The number of thiophene rings is 1. The van der Waals surface area contributed by atoms with Gasteiger partial charge in [-0.3, -0.25) is 0 Å². The molecular formula is C16H28N2S. The fourth-order valence-corrected chi connectivity index (χ4v) is 4.04. The van der Waals surface area contributed by atoms with Crippen LogP contribution in [0.15, 0.2) is 17.5 Å². The van der Waals surface area contributed by atoms with E-state index in [2.05, 4.69) is 48.6 Å². The summed E-state index contributed by atoms with van der Waals surface area (Å²) >= 11 is 1.88.